The maximum atomic E-state index is 12.1. The Bertz CT molecular complexity index is 457. The number of carbonyl (C=O) groups excluding carboxylic acids is 1. The first-order valence-corrected chi connectivity index (χ1v) is 7.99. The van der Waals surface area contributed by atoms with Gasteiger partial charge in [-0.2, -0.15) is 0 Å². The zero-order chi connectivity index (χ0) is 14.5. The second kappa shape index (κ2) is 7.05. The SMILES string of the molecule is O=C(NC1CCCN(Cc2ccccc2)C1)C1CCCO1. The molecule has 21 heavy (non-hydrogen) atoms. The van der Waals surface area contributed by atoms with Gasteiger partial charge in [0.15, 0.2) is 0 Å². The van der Waals surface area contributed by atoms with Crippen LogP contribution < -0.4 is 5.32 Å². The highest BCUT2D eigenvalue weighted by atomic mass is 16.5. The molecular weight excluding hydrogens is 264 g/mol. The Morgan fingerprint density at radius 1 is 1.24 bits per heavy atom. The first kappa shape index (κ1) is 14.5. The molecule has 4 heteroatoms. The van der Waals surface area contributed by atoms with Crippen LogP contribution in [0, 0.1) is 0 Å². The fraction of sp³-hybridized carbons (Fsp3) is 0.588. The van der Waals surface area contributed by atoms with Gasteiger partial charge in [-0.25, -0.2) is 0 Å². The van der Waals surface area contributed by atoms with Gasteiger partial charge in [-0.15, -0.1) is 0 Å². The molecule has 2 fully saturated rings. The third-order valence-corrected chi connectivity index (χ3v) is 4.32. The predicted octanol–water partition coefficient (Wildman–Crippen LogP) is 1.95. The number of likely N-dealkylation sites (tertiary alicyclic amines) is 1. The van der Waals surface area contributed by atoms with Crippen molar-refractivity contribution in [3.8, 4) is 0 Å². The van der Waals surface area contributed by atoms with E-state index >= 15 is 0 Å². The third kappa shape index (κ3) is 4.05. The summed E-state index contributed by atoms with van der Waals surface area (Å²) in [4.78, 5) is 14.6. The molecule has 2 aliphatic heterocycles. The van der Waals surface area contributed by atoms with Crippen molar-refractivity contribution in [3.05, 3.63) is 35.9 Å². The molecule has 114 valence electrons. The molecule has 1 aromatic rings. The van der Waals surface area contributed by atoms with E-state index in [-0.39, 0.29) is 18.1 Å². The lowest BCUT2D eigenvalue weighted by molar-refractivity contribution is -0.131. The molecule has 4 nitrogen and oxygen atoms in total. The minimum absolute atomic E-state index is 0.0825. The third-order valence-electron chi connectivity index (χ3n) is 4.32. The van der Waals surface area contributed by atoms with Crippen LogP contribution >= 0.6 is 0 Å². The van der Waals surface area contributed by atoms with Gasteiger partial charge in [0, 0.05) is 25.7 Å². The van der Waals surface area contributed by atoms with E-state index < -0.39 is 0 Å². The molecule has 0 aromatic heterocycles. The van der Waals surface area contributed by atoms with Gasteiger partial charge in [-0.3, -0.25) is 9.69 Å². The van der Waals surface area contributed by atoms with Gasteiger partial charge in [0.2, 0.25) is 5.91 Å². The number of amides is 1. The van der Waals surface area contributed by atoms with E-state index in [1.54, 1.807) is 0 Å². The molecule has 2 unspecified atom stereocenters. The number of benzene rings is 1. The topological polar surface area (TPSA) is 41.6 Å². The number of nitrogens with zero attached hydrogens (tertiary/aromatic N) is 1. The summed E-state index contributed by atoms with van der Waals surface area (Å²) >= 11 is 0. The van der Waals surface area contributed by atoms with Crippen molar-refractivity contribution in [1.29, 1.82) is 0 Å². The molecule has 0 spiro atoms. The van der Waals surface area contributed by atoms with Crippen LogP contribution in [0.2, 0.25) is 0 Å². The van der Waals surface area contributed by atoms with E-state index in [4.69, 9.17) is 4.74 Å². The molecule has 0 saturated carbocycles. The van der Waals surface area contributed by atoms with Gasteiger partial charge in [0.05, 0.1) is 0 Å². The molecule has 2 heterocycles. The largest absolute Gasteiger partial charge is 0.368 e. The summed E-state index contributed by atoms with van der Waals surface area (Å²) < 4.78 is 5.45. The Morgan fingerprint density at radius 3 is 2.86 bits per heavy atom. The zero-order valence-corrected chi connectivity index (χ0v) is 12.5. The van der Waals surface area contributed by atoms with Crippen molar-refractivity contribution in [2.24, 2.45) is 0 Å². The van der Waals surface area contributed by atoms with Crippen LogP contribution in [0.5, 0.6) is 0 Å². The van der Waals surface area contributed by atoms with E-state index in [0.717, 1.165) is 51.9 Å². The summed E-state index contributed by atoms with van der Waals surface area (Å²) in [6, 6.07) is 10.8. The van der Waals surface area contributed by atoms with Crippen LogP contribution in [0.15, 0.2) is 30.3 Å². The number of hydrogen-bond acceptors (Lipinski definition) is 3. The van der Waals surface area contributed by atoms with Gasteiger partial charge in [-0.05, 0) is 37.8 Å². The fourth-order valence-electron chi connectivity index (χ4n) is 3.24. The van der Waals surface area contributed by atoms with Crippen LogP contribution in [-0.2, 0) is 16.1 Å². The molecule has 0 aliphatic carbocycles. The predicted molar refractivity (Wildman–Crippen MR) is 81.9 cm³/mol. The van der Waals surface area contributed by atoms with E-state index in [1.165, 1.54) is 5.56 Å². The number of carbonyl (C=O) groups is 1. The number of ether oxygens (including phenoxy) is 1. The lowest BCUT2D eigenvalue weighted by Gasteiger charge is -2.33. The van der Waals surface area contributed by atoms with Gasteiger partial charge < -0.3 is 10.1 Å². The molecule has 2 saturated heterocycles. The van der Waals surface area contributed by atoms with Crippen LogP contribution in [-0.4, -0.2) is 42.6 Å². The molecule has 0 radical (unpaired) electrons. The van der Waals surface area contributed by atoms with Crippen molar-refractivity contribution >= 4 is 5.91 Å². The molecule has 1 N–H and O–H groups in total. The molecule has 3 rings (SSSR count). The van der Waals surface area contributed by atoms with Crippen LogP contribution in [0.3, 0.4) is 0 Å². The van der Waals surface area contributed by atoms with Crippen molar-refractivity contribution in [2.45, 2.75) is 44.4 Å². The molecule has 2 atom stereocenters. The summed E-state index contributed by atoms with van der Waals surface area (Å²) in [6.07, 6.45) is 3.87. The summed E-state index contributed by atoms with van der Waals surface area (Å²) in [6.45, 7) is 3.74. The Morgan fingerprint density at radius 2 is 2.10 bits per heavy atom. The normalized spacial score (nSPS) is 26.7. The van der Waals surface area contributed by atoms with Crippen molar-refractivity contribution in [3.63, 3.8) is 0 Å². The first-order chi connectivity index (χ1) is 10.3. The van der Waals surface area contributed by atoms with Crippen LogP contribution in [0.1, 0.15) is 31.2 Å². The number of hydrogen-bond donors (Lipinski definition) is 1. The standard InChI is InChI=1S/C17H24N2O2/c20-17(16-9-5-11-21-16)18-15-8-4-10-19(13-15)12-14-6-2-1-3-7-14/h1-3,6-7,15-16H,4-5,8-13H2,(H,18,20). The Hall–Kier alpha value is -1.39. The Balaban J connectivity index is 1.49. The maximum absolute atomic E-state index is 12.1. The average Bonchev–Trinajstić information content (AvgIpc) is 3.03. The van der Waals surface area contributed by atoms with Crippen molar-refractivity contribution in [2.75, 3.05) is 19.7 Å². The van der Waals surface area contributed by atoms with Gasteiger partial charge in [0.1, 0.15) is 6.10 Å². The van der Waals surface area contributed by atoms with Crippen LogP contribution in [0.25, 0.3) is 0 Å². The van der Waals surface area contributed by atoms with Gasteiger partial charge in [-0.1, -0.05) is 30.3 Å². The van der Waals surface area contributed by atoms with Gasteiger partial charge in [0.25, 0.3) is 0 Å². The smallest absolute Gasteiger partial charge is 0.249 e. The second-order valence-electron chi connectivity index (χ2n) is 6.07. The monoisotopic (exact) mass is 288 g/mol. The molecular formula is C17H24N2O2. The summed E-state index contributed by atoms with van der Waals surface area (Å²) in [7, 11) is 0. The second-order valence-corrected chi connectivity index (χ2v) is 6.07. The number of rotatable bonds is 4. The number of nitrogens with one attached hydrogen (secondary N) is 1. The summed E-state index contributed by atoms with van der Waals surface area (Å²) in [5, 5.41) is 3.17. The van der Waals surface area contributed by atoms with E-state index in [9.17, 15) is 4.79 Å². The van der Waals surface area contributed by atoms with Crippen molar-refractivity contribution < 1.29 is 9.53 Å². The van der Waals surface area contributed by atoms with Crippen molar-refractivity contribution in [1.82, 2.24) is 10.2 Å². The quantitative estimate of drug-likeness (QED) is 0.920. The molecule has 1 amide bonds. The average molecular weight is 288 g/mol. The minimum atomic E-state index is -0.213. The highest BCUT2D eigenvalue weighted by Gasteiger charge is 2.27. The summed E-state index contributed by atoms with van der Waals surface area (Å²) in [5.41, 5.74) is 1.34. The molecule has 1 aromatic carbocycles. The highest BCUT2D eigenvalue weighted by Crippen LogP contribution is 2.16. The van der Waals surface area contributed by atoms with E-state index in [1.807, 2.05) is 6.07 Å². The summed E-state index contributed by atoms with van der Waals surface area (Å²) in [5.74, 6) is 0.0825. The lowest BCUT2D eigenvalue weighted by atomic mass is 10.0. The zero-order valence-electron chi connectivity index (χ0n) is 12.5. The minimum Gasteiger partial charge on any atom is -0.368 e. The van der Waals surface area contributed by atoms with Gasteiger partial charge >= 0.3 is 0 Å². The molecule has 2 aliphatic rings. The highest BCUT2D eigenvalue weighted by molar-refractivity contribution is 5.81. The first-order valence-electron chi connectivity index (χ1n) is 7.99. The van der Waals surface area contributed by atoms with E-state index in [2.05, 4.69) is 34.5 Å². The van der Waals surface area contributed by atoms with E-state index in [0.29, 0.717) is 0 Å². The fourth-order valence-corrected chi connectivity index (χ4v) is 3.24. The maximum Gasteiger partial charge on any atom is 0.249 e. The molecule has 0 bridgehead atoms. The number of piperidine rings is 1. The Kier molecular flexibility index (Phi) is 4.88. The lowest BCUT2D eigenvalue weighted by Crippen LogP contribution is -2.49. The van der Waals surface area contributed by atoms with Crippen LogP contribution in [0.4, 0.5) is 0 Å². The Labute approximate surface area is 126 Å².